The average molecular weight is 180 g/mol. The van der Waals surface area contributed by atoms with E-state index in [9.17, 15) is 4.79 Å². The van der Waals surface area contributed by atoms with Crippen LogP contribution in [0.4, 0.5) is 0 Å². The van der Waals surface area contributed by atoms with E-state index < -0.39 is 0 Å². The Labute approximate surface area is 77.6 Å². The fourth-order valence-corrected chi connectivity index (χ4v) is 0.385. The number of carbonyl (C=O) groups excluding carboxylic acids is 1. The third-order valence-electron chi connectivity index (χ3n) is 0.833. The van der Waals surface area contributed by atoms with Gasteiger partial charge in [-0.15, -0.1) is 0 Å². The Morgan fingerprint density at radius 2 is 1.23 bits per heavy atom. The summed E-state index contributed by atoms with van der Waals surface area (Å²) in [5, 5.41) is 0. The van der Waals surface area contributed by atoms with E-state index in [0.717, 1.165) is 6.29 Å². The maximum Gasteiger partial charge on any atom is 0.211 e. The van der Waals surface area contributed by atoms with Crippen molar-refractivity contribution >= 4 is 6.29 Å². The van der Waals surface area contributed by atoms with E-state index in [-0.39, 0.29) is 0 Å². The highest BCUT2D eigenvalue weighted by Gasteiger charge is 1.57. The van der Waals surface area contributed by atoms with Crippen molar-refractivity contribution in [3.8, 4) is 0 Å². The first-order valence-electron chi connectivity index (χ1n) is 3.80. The van der Waals surface area contributed by atoms with Crippen molar-refractivity contribution in [3.63, 3.8) is 0 Å². The molecular formula is C9H14N3O+. The van der Waals surface area contributed by atoms with Gasteiger partial charge in [-0.05, 0) is 0 Å². The van der Waals surface area contributed by atoms with Crippen LogP contribution in [0.15, 0.2) is 36.4 Å². The summed E-state index contributed by atoms with van der Waals surface area (Å²) < 4.78 is 0. The number of aldehydes is 1. The normalized spacial score (nSPS) is 6.23. The van der Waals surface area contributed by atoms with Gasteiger partial charge in [-0.3, -0.25) is 0 Å². The monoisotopic (exact) mass is 180 g/mol. The van der Waals surface area contributed by atoms with Crippen molar-refractivity contribution in [3.05, 3.63) is 36.4 Å². The summed E-state index contributed by atoms with van der Waals surface area (Å²) in [7, 11) is 0. The topological polar surface area (TPSA) is 78.9 Å². The van der Waals surface area contributed by atoms with Gasteiger partial charge in [0.15, 0.2) is 0 Å². The van der Waals surface area contributed by atoms with E-state index in [1.165, 1.54) is 0 Å². The molecule has 0 unspecified atom stereocenters. The van der Waals surface area contributed by atoms with Crippen LogP contribution in [0.5, 0.6) is 0 Å². The van der Waals surface area contributed by atoms with Crippen molar-refractivity contribution in [2.45, 2.75) is 13.3 Å². The molecule has 1 aromatic carbocycles. The first kappa shape index (κ1) is 13.8. The van der Waals surface area contributed by atoms with Gasteiger partial charge in [0, 0.05) is 6.42 Å². The lowest BCUT2D eigenvalue weighted by Gasteiger charge is -1.69. The lowest BCUT2D eigenvalue weighted by Crippen LogP contribution is -1.55. The first-order chi connectivity index (χ1) is 6.33. The molecular weight excluding hydrogens is 166 g/mol. The third-order valence-corrected chi connectivity index (χ3v) is 0.833. The molecule has 4 nitrogen and oxygen atoms in total. The molecule has 13 heavy (non-hydrogen) atoms. The van der Waals surface area contributed by atoms with Crippen LogP contribution >= 0.6 is 0 Å². The Morgan fingerprint density at radius 1 is 1.08 bits per heavy atom. The number of benzene rings is 1. The minimum atomic E-state index is 0.639. The van der Waals surface area contributed by atoms with Gasteiger partial charge < -0.3 is 4.79 Å². The summed E-state index contributed by atoms with van der Waals surface area (Å²) in [4.78, 5) is 11.2. The fraction of sp³-hybridized carbons (Fsp3) is 0.222. The van der Waals surface area contributed by atoms with Crippen LogP contribution in [0.25, 0.3) is 0 Å². The van der Waals surface area contributed by atoms with Gasteiger partial charge in [-0.2, -0.15) is 0 Å². The SMILES string of the molecule is CCC=O.N=[N+]=N.c1ccccc1. The van der Waals surface area contributed by atoms with E-state index >= 15 is 0 Å². The van der Waals surface area contributed by atoms with Crippen LogP contribution in [0.2, 0.25) is 0 Å². The summed E-state index contributed by atoms with van der Waals surface area (Å²) in [6.45, 7) is 1.81. The van der Waals surface area contributed by atoms with Gasteiger partial charge in [0.2, 0.25) is 4.91 Å². The molecule has 0 saturated carbocycles. The molecule has 0 aliphatic heterocycles. The van der Waals surface area contributed by atoms with Crippen LogP contribution in [0.3, 0.4) is 0 Å². The van der Waals surface area contributed by atoms with Crippen LogP contribution in [0, 0.1) is 11.1 Å². The third kappa shape index (κ3) is 25.4. The van der Waals surface area contributed by atoms with Crippen molar-refractivity contribution in [1.29, 1.82) is 11.1 Å². The molecule has 2 N–H and O–H groups in total. The van der Waals surface area contributed by atoms with Gasteiger partial charge in [0.1, 0.15) is 17.3 Å². The maximum atomic E-state index is 9.17. The Balaban J connectivity index is 0. The van der Waals surface area contributed by atoms with Crippen molar-refractivity contribution in [2.24, 2.45) is 0 Å². The molecule has 0 spiro atoms. The quantitative estimate of drug-likeness (QED) is 0.388. The van der Waals surface area contributed by atoms with E-state index in [0.29, 0.717) is 6.42 Å². The summed E-state index contributed by atoms with van der Waals surface area (Å²) in [6.07, 6.45) is 1.51. The second-order valence-electron chi connectivity index (χ2n) is 1.84. The number of rotatable bonds is 1. The molecule has 0 saturated heterocycles. The van der Waals surface area contributed by atoms with Crippen LogP contribution < -0.4 is 4.91 Å². The van der Waals surface area contributed by atoms with Crippen LogP contribution in [0.1, 0.15) is 13.3 Å². The lowest BCUT2D eigenvalue weighted by molar-refractivity contribution is -0.107. The maximum absolute atomic E-state index is 9.17. The highest BCUT2D eigenvalue weighted by atomic mass is 16.1. The van der Waals surface area contributed by atoms with Gasteiger partial charge in [-0.1, -0.05) is 43.3 Å². The minimum absolute atomic E-state index is 0.639. The van der Waals surface area contributed by atoms with Crippen LogP contribution in [-0.2, 0) is 4.79 Å². The predicted octanol–water partition coefficient (Wildman–Crippen LogP) is 2.40. The zero-order chi connectivity index (χ0) is 10.4. The molecule has 4 heteroatoms. The second kappa shape index (κ2) is 16.7. The van der Waals surface area contributed by atoms with E-state index in [2.05, 4.69) is 0 Å². The molecule has 70 valence electrons. The predicted molar refractivity (Wildman–Crippen MR) is 50.4 cm³/mol. The minimum Gasteiger partial charge on any atom is -0.303 e. The zero-order valence-electron chi connectivity index (χ0n) is 7.60. The zero-order valence-corrected chi connectivity index (χ0v) is 7.60. The first-order valence-corrected chi connectivity index (χ1v) is 3.80. The smallest absolute Gasteiger partial charge is 0.211 e. The summed E-state index contributed by atoms with van der Waals surface area (Å²) in [6, 6.07) is 12.0. The Morgan fingerprint density at radius 3 is 1.31 bits per heavy atom. The van der Waals surface area contributed by atoms with Gasteiger partial charge in [0.25, 0.3) is 0 Å². The Bertz CT molecular complexity index is 191. The lowest BCUT2D eigenvalue weighted by atomic mass is 10.4. The summed E-state index contributed by atoms with van der Waals surface area (Å²) >= 11 is 0. The molecule has 0 amide bonds. The van der Waals surface area contributed by atoms with E-state index in [1.807, 2.05) is 48.2 Å². The van der Waals surface area contributed by atoms with Crippen molar-refractivity contribution < 1.29 is 4.79 Å². The number of nitrogens with zero attached hydrogens (tertiary/aromatic N) is 1. The molecule has 0 fully saturated rings. The highest BCUT2D eigenvalue weighted by molar-refractivity contribution is 5.48. The van der Waals surface area contributed by atoms with E-state index in [4.69, 9.17) is 11.1 Å². The van der Waals surface area contributed by atoms with Gasteiger partial charge in [0.05, 0.1) is 0 Å². The number of hydrogen-bond acceptors (Lipinski definition) is 3. The number of hydrogen-bond donors (Lipinski definition) is 2. The van der Waals surface area contributed by atoms with E-state index in [1.54, 1.807) is 0 Å². The molecule has 0 aromatic heterocycles. The van der Waals surface area contributed by atoms with Gasteiger partial charge in [-0.25, -0.2) is 0 Å². The summed E-state index contributed by atoms with van der Waals surface area (Å²) in [5.74, 6) is 0. The number of nitrogens with one attached hydrogen (secondary N) is 2. The Kier molecular flexibility index (Phi) is 17.6. The van der Waals surface area contributed by atoms with Crippen molar-refractivity contribution in [2.75, 3.05) is 0 Å². The molecule has 0 bridgehead atoms. The van der Waals surface area contributed by atoms with Crippen molar-refractivity contribution in [1.82, 2.24) is 4.91 Å². The standard InChI is InChI=1S/C6H6.C3H6O.H2N3/c1-2-4-6-5-3-1;1-2-3-4;1-3-2/h1-6H;3H,2H2,1H3;1-2H/q;;+1. The average Bonchev–Trinajstić information content (AvgIpc) is 2.22. The summed E-state index contributed by atoms with van der Waals surface area (Å²) in [5.41, 5.74) is 11.0. The van der Waals surface area contributed by atoms with Gasteiger partial charge >= 0.3 is 0 Å². The highest BCUT2D eigenvalue weighted by Crippen LogP contribution is 1.79. The molecule has 1 rings (SSSR count). The second-order valence-corrected chi connectivity index (χ2v) is 1.84. The molecule has 0 aliphatic rings. The molecule has 0 atom stereocenters. The molecule has 0 heterocycles. The molecule has 1 aromatic rings. The fourth-order valence-electron chi connectivity index (χ4n) is 0.385. The molecule has 0 radical (unpaired) electrons. The van der Waals surface area contributed by atoms with Crippen LogP contribution in [-0.4, -0.2) is 6.29 Å². The number of carbonyl (C=O) groups is 1. The molecule has 0 aliphatic carbocycles. The Hall–Kier alpha value is -1.80. The largest absolute Gasteiger partial charge is 0.303 e.